The minimum atomic E-state index is 0.664. The number of hydrogen-bond donors (Lipinski definition) is 2. The number of rotatable bonds is 9. The van der Waals surface area contributed by atoms with Crippen molar-refractivity contribution in [1.29, 1.82) is 0 Å². The summed E-state index contributed by atoms with van der Waals surface area (Å²) in [4.78, 5) is 4.29. The van der Waals surface area contributed by atoms with Gasteiger partial charge in [0, 0.05) is 26.7 Å². The summed E-state index contributed by atoms with van der Waals surface area (Å²) in [6.45, 7) is 6.99. The highest BCUT2D eigenvalue weighted by atomic mass is 16.5. The second kappa shape index (κ2) is 11.2. The van der Waals surface area contributed by atoms with Crippen molar-refractivity contribution >= 4 is 5.96 Å². The van der Waals surface area contributed by atoms with Crippen molar-refractivity contribution in [3.8, 4) is 5.75 Å². The van der Waals surface area contributed by atoms with Gasteiger partial charge in [-0.3, -0.25) is 4.99 Å². The third-order valence-electron chi connectivity index (χ3n) is 4.36. The van der Waals surface area contributed by atoms with Gasteiger partial charge in [-0.15, -0.1) is 0 Å². The first-order chi connectivity index (χ1) is 13.2. The van der Waals surface area contributed by atoms with E-state index >= 15 is 0 Å². The molecule has 0 spiro atoms. The Kier molecular flexibility index (Phi) is 8.65. The number of ether oxygens (including phenoxy) is 2. The van der Waals surface area contributed by atoms with Gasteiger partial charge in [0.2, 0.25) is 0 Å². The SMILES string of the molecule is CCOCc1ccc(CNC(=NC)NCCc2ccc(C)c(OC)c2)cc1. The third-order valence-corrected chi connectivity index (χ3v) is 4.36. The lowest BCUT2D eigenvalue weighted by molar-refractivity contribution is 0.134. The third kappa shape index (κ3) is 6.94. The van der Waals surface area contributed by atoms with Crippen LogP contribution in [-0.4, -0.2) is 33.3 Å². The van der Waals surface area contributed by atoms with Gasteiger partial charge < -0.3 is 20.1 Å². The molecule has 0 saturated heterocycles. The monoisotopic (exact) mass is 369 g/mol. The van der Waals surface area contributed by atoms with Gasteiger partial charge in [0.25, 0.3) is 0 Å². The summed E-state index contributed by atoms with van der Waals surface area (Å²) in [5, 5.41) is 6.71. The van der Waals surface area contributed by atoms with Crippen LogP contribution in [0.5, 0.6) is 5.75 Å². The van der Waals surface area contributed by atoms with Gasteiger partial charge in [-0.25, -0.2) is 0 Å². The van der Waals surface area contributed by atoms with Crippen LogP contribution in [0, 0.1) is 6.92 Å². The van der Waals surface area contributed by atoms with Gasteiger partial charge in [0.05, 0.1) is 13.7 Å². The van der Waals surface area contributed by atoms with Crippen LogP contribution >= 0.6 is 0 Å². The molecule has 146 valence electrons. The Hall–Kier alpha value is -2.53. The number of aryl methyl sites for hydroxylation is 1. The normalized spacial score (nSPS) is 11.3. The lowest BCUT2D eigenvalue weighted by Gasteiger charge is -2.13. The van der Waals surface area contributed by atoms with E-state index in [4.69, 9.17) is 9.47 Å². The van der Waals surface area contributed by atoms with Gasteiger partial charge in [0.1, 0.15) is 5.75 Å². The van der Waals surface area contributed by atoms with Crippen molar-refractivity contribution in [2.24, 2.45) is 4.99 Å². The number of nitrogens with one attached hydrogen (secondary N) is 2. The Bertz CT molecular complexity index is 727. The number of nitrogens with zero attached hydrogens (tertiary/aromatic N) is 1. The van der Waals surface area contributed by atoms with Gasteiger partial charge in [-0.2, -0.15) is 0 Å². The van der Waals surface area contributed by atoms with E-state index in [9.17, 15) is 0 Å². The Labute approximate surface area is 162 Å². The molecule has 5 heteroatoms. The van der Waals surface area contributed by atoms with Crippen LogP contribution in [0.25, 0.3) is 0 Å². The predicted molar refractivity (Wildman–Crippen MR) is 111 cm³/mol. The molecule has 5 nitrogen and oxygen atoms in total. The smallest absolute Gasteiger partial charge is 0.191 e. The second-order valence-corrected chi connectivity index (χ2v) is 6.36. The Balaban J connectivity index is 1.77. The molecule has 0 atom stereocenters. The van der Waals surface area contributed by atoms with E-state index in [2.05, 4.69) is 65.0 Å². The molecular weight excluding hydrogens is 338 g/mol. The highest BCUT2D eigenvalue weighted by molar-refractivity contribution is 5.79. The quantitative estimate of drug-likeness (QED) is 0.525. The molecule has 0 aliphatic rings. The molecule has 0 bridgehead atoms. The van der Waals surface area contributed by atoms with Gasteiger partial charge in [0.15, 0.2) is 5.96 Å². The molecule has 27 heavy (non-hydrogen) atoms. The zero-order valence-corrected chi connectivity index (χ0v) is 16.8. The molecule has 0 amide bonds. The summed E-state index contributed by atoms with van der Waals surface area (Å²) in [5.41, 5.74) is 4.79. The van der Waals surface area contributed by atoms with E-state index in [1.165, 1.54) is 16.7 Å². The number of hydrogen-bond acceptors (Lipinski definition) is 3. The van der Waals surface area contributed by atoms with Crippen molar-refractivity contribution in [2.75, 3.05) is 27.3 Å². The Morgan fingerprint density at radius 1 is 1.00 bits per heavy atom. The molecule has 0 aromatic heterocycles. The van der Waals surface area contributed by atoms with Gasteiger partial charge in [-0.1, -0.05) is 36.4 Å². The fraction of sp³-hybridized carbons (Fsp3) is 0.409. The summed E-state index contributed by atoms with van der Waals surface area (Å²) >= 11 is 0. The minimum absolute atomic E-state index is 0.664. The van der Waals surface area contributed by atoms with E-state index in [1.807, 2.05) is 6.92 Å². The van der Waals surface area contributed by atoms with Crippen LogP contribution in [0.4, 0.5) is 0 Å². The number of benzene rings is 2. The standard InChI is InChI=1S/C22H31N3O2/c1-5-27-16-20-10-8-19(9-11-20)15-25-22(23-3)24-13-12-18-7-6-17(2)21(14-18)26-4/h6-11,14H,5,12-13,15-16H2,1-4H3,(H2,23,24,25). The lowest BCUT2D eigenvalue weighted by Crippen LogP contribution is -2.37. The molecular formula is C22H31N3O2. The number of guanidine groups is 1. The molecule has 0 radical (unpaired) electrons. The maximum Gasteiger partial charge on any atom is 0.191 e. The average molecular weight is 370 g/mol. The molecule has 2 rings (SSSR count). The highest BCUT2D eigenvalue weighted by Crippen LogP contribution is 2.19. The van der Waals surface area contributed by atoms with Gasteiger partial charge >= 0.3 is 0 Å². The highest BCUT2D eigenvalue weighted by Gasteiger charge is 2.02. The first-order valence-corrected chi connectivity index (χ1v) is 9.39. The van der Waals surface area contributed by atoms with E-state index in [0.717, 1.165) is 43.4 Å². The topological polar surface area (TPSA) is 54.9 Å². The minimum Gasteiger partial charge on any atom is -0.496 e. The Morgan fingerprint density at radius 3 is 2.37 bits per heavy atom. The molecule has 0 unspecified atom stereocenters. The molecule has 2 aromatic carbocycles. The van der Waals surface area contributed by atoms with Crippen LogP contribution in [0.1, 0.15) is 29.2 Å². The van der Waals surface area contributed by atoms with Crippen molar-refractivity contribution < 1.29 is 9.47 Å². The van der Waals surface area contributed by atoms with Crippen LogP contribution in [0.2, 0.25) is 0 Å². The maximum absolute atomic E-state index is 5.42. The van der Waals surface area contributed by atoms with E-state index in [1.54, 1.807) is 14.2 Å². The van der Waals surface area contributed by atoms with E-state index in [0.29, 0.717) is 6.61 Å². The second-order valence-electron chi connectivity index (χ2n) is 6.36. The molecule has 0 aliphatic carbocycles. The summed E-state index contributed by atoms with van der Waals surface area (Å²) in [5.74, 6) is 1.73. The fourth-order valence-corrected chi connectivity index (χ4v) is 2.72. The van der Waals surface area contributed by atoms with E-state index in [-0.39, 0.29) is 0 Å². The maximum atomic E-state index is 5.42. The predicted octanol–water partition coefficient (Wildman–Crippen LogP) is 3.45. The summed E-state index contributed by atoms with van der Waals surface area (Å²) in [6, 6.07) is 14.8. The van der Waals surface area contributed by atoms with E-state index < -0.39 is 0 Å². The largest absolute Gasteiger partial charge is 0.496 e. The number of methoxy groups -OCH3 is 1. The van der Waals surface area contributed by atoms with Crippen LogP contribution in [-0.2, 0) is 24.3 Å². The molecule has 0 heterocycles. The van der Waals surface area contributed by atoms with Crippen molar-refractivity contribution in [3.05, 3.63) is 64.7 Å². The average Bonchev–Trinajstić information content (AvgIpc) is 2.70. The molecule has 0 saturated carbocycles. The summed E-state index contributed by atoms with van der Waals surface area (Å²) < 4.78 is 10.8. The Morgan fingerprint density at radius 2 is 1.70 bits per heavy atom. The number of aliphatic imine (C=N–C) groups is 1. The van der Waals surface area contributed by atoms with Crippen molar-refractivity contribution in [1.82, 2.24) is 10.6 Å². The molecule has 0 aliphatic heterocycles. The summed E-state index contributed by atoms with van der Waals surface area (Å²) in [7, 11) is 3.49. The van der Waals surface area contributed by atoms with Gasteiger partial charge in [-0.05, 0) is 48.6 Å². The first-order valence-electron chi connectivity index (χ1n) is 9.39. The van der Waals surface area contributed by atoms with Crippen molar-refractivity contribution in [2.45, 2.75) is 33.4 Å². The van der Waals surface area contributed by atoms with Crippen LogP contribution < -0.4 is 15.4 Å². The first kappa shape index (κ1) is 20.8. The summed E-state index contributed by atoms with van der Waals surface area (Å²) in [6.07, 6.45) is 0.906. The van der Waals surface area contributed by atoms with Crippen molar-refractivity contribution in [3.63, 3.8) is 0 Å². The lowest BCUT2D eigenvalue weighted by atomic mass is 10.1. The van der Waals surface area contributed by atoms with Crippen LogP contribution in [0.15, 0.2) is 47.5 Å². The van der Waals surface area contributed by atoms with Crippen LogP contribution in [0.3, 0.4) is 0 Å². The zero-order chi connectivity index (χ0) is 19.5. The fourth-order valence-electron chi connectivity index (χ4n) is 2.72. The molecule has 0 fully saturated rings. The molecule has 2 N–H and O–H groups in total. The molecule has 2 aromatic rings. The zero-order valence-electron chi connectivity index (χ0n) is 16.8.